The summed E-state index contributed by atoms with van der Waals surface area (Å²) in [6.45, 7) is 5.82. The summed E-state index contributed by atoms with van der Waals surface area (Å²) in [6.07, 6.45) is 2.12. The third-order valence-corrected chi connectivity index (χ3v) is 5.56. The number of nitrogens with zero attached hydrogens (tertiary/aromatic N) is 1. The van der Waals surface area contributed by atoms with E-state index < -0.39 is 0 Å². The van der Waals surface area contributed by atoms with Crippen molar-refractivity contribution in [1.29, 1.82) is 0 Å². The van der Waals surface area contributed by atoms with Crippen LogP contribution in [0.3, 0.4) is 0 Å². The molecule has 2 aromatic carbocycles. The number of piperidine rings is 1. The van der Waals surface area contributed by atoms with E-state index >= 15 is 0 Å². The molecule has 2 atom stereocenters. The van der Waals surface area contributed by atoms with E-state index in [0.29, 0.717) is 12.3 Å². The van der Waals surface area contributed by atoms with Crippen molar-refractivity contribution in [3.63, 3.8) is 0 Å². The molecule has 126 valence electrons. The molecule has 24 heavy (non-hydrogen) atoms. The summed E-state index contributed by atoms with van der Waals surface area (Å²) >= 11 is 0. The Balaban J connectivity index is 1.80. The molecule has 0 spiro atoms. The van der Waals surface area contributed by atoms with Crippen molar-refractivity contribution < 1.29 is 9.90 Å². The van der Waals surface area contributed by atoms with Gasteiger partial charge >= 0.3 is 0 Å². The van der Waals surface area contributed by atoms with Gasteiger partial charge in [-0.2, -0.15) is 0 Å². The zero-order chi connectivity index (χ0) is 17.2. The fourth-order valence-electron chi connectivity index (χ4n) is 3.82. The number of phenolic OH excluding ortho intramolecular Hbond substituents is 1. The maximum absolute atomic E-state index is 12.6. The van der Waals surface area contributed by atoms with Crippen molar-refractivity contribution in [2.24, 2.45) is 0 Å². The second-order valence-electron chi connectivity index (χ2n) is 7.01. The van der Waals surface area contributed by atoms with Crippen LogP contribution in [0.5, 0.6) is 5.75 Å². The third kappa shape index (κ3) is 3.22. The Morgan fingerprint density at radius 2 is 1.96 bits per heavy atom. The summed E-state index contributed by atoms with van der Waals surface area (Å²) in [5.74, 6) is 0.473. The van der Waals surface area contributed by atoms with Gasteiger partial charge in [0.05, 0.1) is 6.54 Å². The number of rotatable bonds is 4. The molecule has 1 saturated heterocycles. The number of carbonyl (C=O) groups is 1. The molecule has 1 aliphatic rings. The number of carbonyl (C=O) groups excluding carboxylic acids is 1. The van der Waals surface area contributed by atoms with Gasteiger partial charge < -0.3 is 5.11 Å². The summed E-state index contributed by atoms with van der Waals surface area (Å²) in [5, 5.41) is 9.84. The summed E-state index contributed by atoms with van der Waals surface area (Å²) in [4.78, 5) is 14.9. The van der Waals surface area contributed by atoms with Crippen molar-refractivity contribution in [2.75, 3.05) is 13.1 Å². The molecule has 0 aliphatic carbocycles. The van der Waals surface area contributed by atoms with Crippen LogP contribution >= 0.6 is 0 Å². The van der Waals surface area contributed by atoms with E-state index in [1.807, 2.05) is 42.5 Å². The zero-order valence-corrected chi connectivity index (χ0v) is 14.4. The quantitative estimate of drug-likeness (QED) is 0.864. The van der Waals surface area contributed by atoms with E-state index in [2.05, 4.69) is 24.8 Å². The Hall–Kier alpha value is -2.13. The minimum absolute atomic E-state index is 0.0615. The molecule has 3 rings (SSSR count). The monoisotopic (exact) mass is 323 g/mol. The summed E-state index contributed by atoms with van der Waals surface area (Å²) < 4.78 is 0. The smallest absolute Gasteiger partial charge is 0.176 e. The number of hydrogen-bond acceptors (Lipinski definition) is 3. The van der Waals surface area contributed by atoms with Gasteiger partial charge in [-0.25, -0.2) is 0 Å². The molecule has 1 heterocycles. The molecule has 0 amide bonds. The fourth-order valence-corrected chi connectivity index (χ4v) is 3.82. The predicted octanol–water partition coefficient (Wildman–Crippen LogP) is 4.02. The van der Waals surface area contributed by atoms with Gasteiger partial charge in [0.1, 0.15) is 5.75 Å². The van der Waals surface area contributed by atoms with Gasteiger partial charge in [-0.3, -0.25) is 9.69 Å². The molecule has 1 N–H and O–H groups in total. The number of phenols is 1. The normalized spacial score (nSPS) is 24.7. The van der Waals surface area contributed by atoms with Crippen LogP contribution in [-0.2, 0) is 5.41 Å². The maximum Gasteiger partial charge on any atom is 0.176 e. The first kappa shape index (κ1) is 16.7. The second kappa shape index (κ2) is 6.78. The van der Waals surface area contributed by atoms with Crippen molar-refractivity contribution in [3.05, 3.63) is 65.7 Å². The van der Waals surface area contributed by atoms with Crippen LogP contribution in [0.25, 0.3) is 0 Å². The number of benzene rings is 2. The number of hydrogen-bond donors (Lipinski definition) is 1. The van der Waals surface area contributed by atoms with Gasteiger partial charge in [-0.1, -0.05) is 49.4 Å². The maximum atomic E-state index is 12.6. The summed E-state index contributed by atoms with van der Waals surface area (Å²) in [7, 11) is 0. The number of ketones is 1. The van der Waals surface area contributed by atoms with Crippen LogP contribution in [0.15, 0.2) is 54.6 Å². The summed E-state index contributed by atoms with van der Waals surface area (Å²) in [5.41, 5.74) is 1.86. The van der Waals surface area contributed by atoms with Crippen LogP contribution in [0.2, 0.25) is 0 Å². The lowest BCUT2D eigenvalue weighted by Crippen LogP contribution is -2.53. The van der Waals surface area contributed by atoms with Crippen molar-refractivity contribution in [2.45, 2.75) is 38.1 Å². The van der Waals surface area contributed by atoms with Gasteiger partial charge in [-0.05, 0) is 44.0 Å². The highest BCUT2D eigenvalue weighted by atomic mass is 16.3. The van der Waals surface area contributed by atoms with Gasteiger partial charge in [-0.15, -0.1) is 0 Å². The van der Waals surface area contributed by atoms with Crippen LogP contribution in [0, 0.1) is 0 Å². The fraction of sp³-hybridized carbons (Fsp3) is 0.381. The molecule has 3 nitrogen and oxygen atoms in total. The number of Topliss-reactive ketones (excluding diaryl/α,β-unsaturated/α-hetero) is 1. The lowest BCUT2D eigenvalue weighted by molar-refractivity contribution is 0.0687. The zero-order valence-electron chi connectivity index (χ0n) is 14.4. The third-order valence-electron chi connectivity index (χ3n) is 5.56. The largest absolute Gasteiger partial charge is 0.508 e. The lowest BCUT2D eigenvalue weighted by atomic mass is 9.70. The van der Waals surface area contributed by atoms with Crippen LogP contribution in [-0.4, -0.2) is 34.9 Å². The highest BCUT2D eigenvalue weighted by molar-refractivity contribution is 5.97. The van der Waals surface area contributed by atoms with E-state index in [1.165, 1.54) is 0 Å². The Morgan fingerprint density at radius 3 is 2.67 bits per heavy atom. The van der Waals surface area contributed by atoms with E-state index in [4.69, 9.17) is 0 Å². The lowest BCUT2D eigenvalue weighted by Gasteiger charge is -2.47. The molecule has 1 aliphatic heterocycles. The van der Waals surface area contributed by atoms with Gasteiger partial charge in [0.2, 0.25) is 0 Å². The Kier molecular flexibility index (Phi) is 4.72. The predicted molar refractivity (Wildman–Crippen MR) is 96.5 cm³/mol. The molecule has 0 bridgehead atoms. The molecule has 1 fully saturated rings. The standard InChI is InChI=1S/C21H25NO2/c1-16-21(2,18-10-6-11-19(23)14-18)12-7-13-22(16)15-20(24)17-8-4-3-5-9-17/h3-6,8-11,14,16,23H,7,12-13,15H2,1-2H3/t16-,21-/m0/s1. The van der Waals surface area contributed by atoms with Crippen molar-refractivity contribution >= 4 is 5.78 Å². The first-order valence-electron chi connectivity index (χ1n) is 8.62. The van der Waals surface area contributed by atoms with E-state index in [1.54, 1.807) is 6.07 Å². The number of likely N-dealkylation sites (tertiary alicyclic amines) is 1. The molecular formula is C21H25NO2. The van der Waals surface area contributed by atoms with E-state index in [0.717, 1.165) is 30.5 Å². The molecular weight excluding hydrogens is 298 g/mol. The van der Waals surface area contributed by atoms with E-state index in [9.17, 15) is 9.90 Å². The Labute approximate surface area is 143 Å². The molecule has 3 heteroatoms. The molecule has 0 aromatic heterocycles. The first-order valence-corrected chi connectivity index (χ1v) is 8.62. The second-order valence-corrected chi connectivity index (χ2v) is 7.01. The van der Waals surface area contributed by atoms with Gasteiger partial charge in [0.25, 0.3) is 0 Å². The van der Waals surface area contributed by atoms with Crippen molar-refractivity contribution in [3.8, 4) is 5.75 Å². The minimum Gasteiger partial charge on any atom is -0.508 e. The first-order chi connectivity index (χ1) is 11.5. The number of aromatic hydroxyl groups is 1. The SMILES string of the molecule is C[C@@H]1N(CC(=O)c2ccccc2)CCC[C@]1(C)c1cccc(O)c1. The Bertz CT molecular complexity index is 713. The average molecular weight is 323 g/mol. The van der Waals surface area contributed by atoms with Crippen molar-refractivity contribution in [1.82, 2.24) is 4.90 Å². The summed E-state index contributed by atoms with van der Waals surface area (Å²) in [6, 6.07) is 17.3. The highest BCUT2D eigenvalue weighted by Crippen LogP contribution is 2.39. The average Bonchev–Trinajstić information content (AvgIpc) is 2.60. The minimum atomic E-state index is -0.0615. The molecule has 0 radical (unpaired) electrons. The van der Waals surface area contributed by atoms with Crippen LogP contribution in [0.1, 0.15) is 42.6 Å². The topological polar surface area (TPSA) is 40.5 Å². The van der Waals surface area contributed by atoms with Gasteiger partial charge in [0.15, 0.2) is 5.78 Å². The van der Waals surface area contributed by atoms with Crippen LogP contribution < -0.4 is 0 Å². The van der Waals surface area contributed by atoms with E-state index in [-0.39, 0.29) is 17.2 Å². The molecule has 2 aromatic rings. The highest BCUT2D eigenvalue weighted by Gasteiger charge is 2.40. The van der Waals surface area contributed by atoms with Crippen LogP contribution in [0.4, 0.5) is 0 Å². The molecule has 0 unspecified atom stereocenters. The molecule has 0 saturated carbocycles. The Morgan fingerprint density at radius 1 is 1.21 bits per heavy atom. The van der Waals surface area contributed by atoms with Gasteiger partial charge in [0, 0.05) is 17.0 Å².